The van der Waals surface area contributed by atoms with E-state index in [0.29, 0.717) is 12.0 Å². The highest BCUT2D eigenvalue weighted by molar-refractivity contribution is 5.39. The fourth-order valence-electron chi connectivity index (χ4n) is 1.45. The number of likely N-dealkylation sites (N-methyl/N-ethyl adjacent to an activating group) is 1. The van der Waals surface area contributed by atoms with Gasteiger partial charge in [0.05, 0.1) is 6.04 Å². The smallest absolute Gasteiger partial charge is 0.221 e. The van der Waals surface area contributed by atoms with Crippen molar-refractivity contribution < 1.29 is 0 Å². The summed E-state index contributed by atoms with van der Waals surface area (Å²) in [6.45, 7) is 2.12. The van der Waals surface area contributed by atoms with Gasteiger partial charge in [-0.1, -0.05) is 0 Å². The second-order valence-electron chi connectivity index (χ2n) is 3.36. The van der Waals surface area contributed by atoms with Gasteiger partial charge in [0.25, 0.3) is 0 Å². The third kappa shape index (κ3) is 1.86. The summed E-state index contributed by atoms with van der Waals surface area (Å²) < 4.78 is 0. The third-order valence-corrected chi connectivity index (χ3v) is 2.09. The normalized spacial score (nSPS) is 18.2. The highest BCUT2D eigenvalue weighted by atomic mass is 15.2. The number of aromatic nitrogens is 2. The van der Waals surface area contributed by atoms with E-state index in [1.54, 1.807) is 6.20 Å². The molecular weight excluding hydrogens is 166 g/mol. The topological polar surface area (TPSA) is 67.1 Å². The molecule has 1 aliphatic rings. The molecule has 1 fully saturated rings. The first kappa shape index (κ1) is 8.25. The maximum atomic E-state index is 5.45. The molecule has 5 heteroatoms. The molecule has 0 aromatic carbocycles. The maximum Gasteiger partial charge on any atom is 0.221 e. The highest BCUT2D eigenvalue weighted by Crippen LogP contribution is 2.11. The lowest BCUT2D eigenvalue weighted by Gasteiger charge is -2.36. The first-order valence-electron chi connectivity index (χ1n) is 4.27. The number of nitrogens with zero attached hydrogens (tertiary/aromatic N) is 3. The standard InChI is InChI=1S/C8H13N5/c1-13-4-6(5-13)11-7-2-3-10-8(9)12-7/h2-3,6H,4-5H2,1H3,(H3,9,10,11,12). The molecule has 1 aliphatic heterocycles. The van der Waals surface area contributed by atoms with Crippen LogP contribution >= 0.6 is 0 Å². The Balaban J connectivity index is 1.94. The van der Waals surface area contributed by atoms with Crippen molar-refractivity contribution in [1.29, 1.82) is 0 Å². The van der Waals surface area contributed by atoms with Gasteiger partial charge in [-0.3, -0.25) is 0 Å². The molecule has 0 unspecified atom stereocenters. The van der Waals surface area contributed by atoms with Crippen LogP contribution in [0.2, 0.25) is 0 Å². The molecule has 1 aromatic rings. The van der Waals surface area contributed by atoms with Crippen molar-refractivity contribution in [2.75, 3.05) is 31.2 Å². The van der Waals surface area contributed by atoms with Gasteiger partial charge in [-0.25, -0.2) is 4.98 Å². The summed E-state index contributed by atoms with van der Waals surface area (Å²) in [5.74, 6) is 1.13. The molecule has 2 rings (SSSR count). The number of rotatable bonds is 2. The fraction of sp³-hybridized carbons (Fsp3) is 0.500. The number of hydrogen-bond donors (Lipinski definition) is 2. The van der Waals surface area contributed by atoms with Gasteiger partial charge >= 0.3 is 0 Å². The minimum atomic E-state index is 0.317. The van der Waals surface area contributed by atoms with Gasteiger partial charge in [-0.05, 0) is 13.1 Å². The van der Waals surface area contributed by atoms with Crippen LogP contribution in [0.25, 0.3) is 0 Å². The van der Waals surface area contributed by atoms with Crippen molar-refractivity contribution in [1.82, 2.24) is 14.9 Å². The van der Waals surface area contributed by atoms with Crippen LogP contribution in [-0.4, -0.2) is 41.0 Å². The Morgan fingerprint density at radius 1 is 1.62 bits per heavy atom. The second-order valence-corrected chi connectivity index (χ2v) is 3.36. The summed E-state index contributed by atoms with van der Waals surface area (Å²) in [7, 11) is 2.09. The molecule has 1 aromatic heterocycles. The molecule has 1 saturated heterocycles. The minimum absolute atomic E-state index is 0.317. The Morgan fingerprint density at radius 3 is 3.00 bits per heavy atom. The monoisotopic (exact) mass is 179 g/mol. The van der Waals surface area contributed by atoms with Crippen molar-refractivity contribution in [3.8, 4) is 0 Å². The molecular formula is C8H13N5. The Bertz CT molecular complexity index is 294. The lowest BCUT2D eigenvalue weighted by Crippen LogP contribution is -2.52. The summed E-state index contributed by atoms with van der Waals surface area (Å²) in [5, 5.41) is 3.28. The van der Waals surface area contributed by atoms with Gasteiger partial charge in [0.15, 0.2) is 0 Å². The number of nitrogens with two attached hydrogens (primary N) is 1. The molecule has 0 saturated carbocycles. The van der Waals surface area contributed by atoms with E-state index in [1.165, 1.54) is 0 Å². The van der Waals surface area contributed by atoms with E-state index >= 15 is 0 Å². The average Bonchev–Trinajstić information content (AvgIpc) is 2.01. The zero-order valence-corrected chi connectivity index (χ0v) is 7.57. The number of nitrogens with one attached hydrogen (secondary N) is 1. The van der Waals surface area contributed by atoms with Gasteiger partial charge in [-0.15, -0.1) is 0 Å². The first-order chi connectivity index (χ1) is 6.24. The zero-order chi connectivity index (χ0) is 9.26. The highest BCUT2D eigenvalue weighted by Gasteiger charge is 2.22. The summed E-state index contributed by atoms with van der Waals surface area (Å²) in [4.78, 5) is 10.1. The molecule has 70 valence electrons. The van der Waals surface area contributed by atoms with Crippen molar-refractivity contribution in [3.05, 3.63) is 12.3 Å². The summed E-state index contributed by atoms with van der Waals surface area (Å²) in [6, 6.07) is 2.33. The van der Waals surface area contributed by atoms with Gasteiger partial charge in [0, 0.05) is 19.3 Å². The van der Waals surface area contributed by atoms with Crippen LogP contribution in [-0.2, 0) is 0 Å². The summed E-state index contributed by atoms with van der Waals surface area (Å²) in [6.07, 6.45) is 1.66. The van der Waals surface area contributed by atoms with Crippen LogP contribution in [0.1, 0.15) is 0 Å². The van der Waals surface area contributed by atoms with Crippen molar-refractivity contribution >= 4 is 11.8 Å². The first-order valence-corrected chi connectivity index (χ1v) is 4.27. The van der Waals surface area contributed by atoms with Gasteiger partial charge < -0.3 is 16.0 Å². The molecule has 2 heterocycles. The van der Waals surface area contributed by atoms with Gasteiger partial charge in [-0.2, -0.15) is 4.98 Å². The van der Waals surface area contributed by atoms with E-state index < -0.39 is 0 Å². The van der Waals surface area contributed by atoms with Crippen LogP contribution in [0.4, 0.5) is 11.8 Å². The van der Waals surface area contributed by atoms with E-state index in [-0.39, 0.29) is 0 Å². The minimum Gasteiger partial charge on any atom is -0.368 e. The molecule has 3 N–H and O–H groups in total. The second kappa shape index (κ2) is 3.18. The summed E-state index contributed by atoms with van der Waals surface area (Å²) in [5.41, 5.74) is 5.45. The van der Waals surface area contributed by atoms with E-state index in [1.807, 2.05) is 6.07 Å². The summed E-state index contributed by atoms with van der Waals surface area (Å²) >= 11 is 0. The molecule has 0 atom stereocenters. The SMILES string of the molecule is CN1CC(Nc2ccnc(N)n2)C1. The molecule has 5 nitrogen and oxygen atoms in total. The number of nitrogen functional groups attached to an aromatic ring is 1. The fourth-order valence-corrected chi connectivity index (χ4v) is 1.45. The molecule has 0 amide bonds. The number of hydrogen-bond acceptors (Lipinski definition) is 5. The van der Waals surface area contributed by atoms with Crippen LogP contribution in [0.5, 0.6) is 0 Å². The van der Waals surface area contributed by atoms with E-state index in [2.05, 4.69) is 27.2 Å². The number of likely N-dealkylation sites (tertiary alicyclic amines) is 1. The Labute approximate surface area is 77.0 Å². The molecule has 0 bridgehead atoms. The van der Waals surface area contributed by atoms with Crippen LogP contribution in [0.15, 0.2) is 12.3 Å². The van der Waals surface area contributed by atoms with Gasteiger partial charge in [0.2, 0.25) is 5.95 Å². The average molecular weight is 179 g/mol. The zero-order valence-electron chi connectivity index (χ0n) is 7.57. The van der Waals surface area contributed by atoms with Gasteiger partial charge in [0.1, 0.15) is 5.82 Å². The van der Waals surface area contributed by atoms with Crippen LogP contribution in [0.3, 0.4) is 0 Å². The van der Waals surface area contributed by atoms with Crippen LogP contribution < -0.4 is 11.1 Å². The van der Waals surface area contributed by atoms with E-state index in [4.69, 9.17) is 5.73 Å². The van der Waals surface area contributed by atoms with Crippen molar-refractivity contribution in [3.63, 3.8) is 0 Å². The van der Waals surface area contributed by atoms with Crippen molar-refractivity contribution in [2.45, 2.75) is 6.04 Å². The molecule has 0 radical (unpaired) electrons. The molecule has 0 aliphatic carbocycles. The largest absolute Gasteiger partial charge is 0.368 e. The molecule has 13 heavy (non-hydrogen) atoms. The lowest BCUT2D eigenvalue weighted by molar-refractivity contribution is 0.205. The molecule has 0 spiro atoms. The predicted octanol–water partition coefficient (Wildman–Crippen LogP) is -0.215. The van der Waals surface area contributed by atoms with Crippen molar-refractivity contribution in [2.24, 2.45) is 0 Å². The third-order valence-electron chi connectivity index (χ3n) is 2.09. The Hall–Kier alpha value is -1.36. The van der Waals surface area contributed by atoms with E-state index in [9.17, 15) is 0 Å². The quantitative estimate of drug-likeness (QED) is 0.657. The van der Waals surface area contributed by atoms with Crippen LogP contribution in [0, 0.1) is 0 Å². The lowest BCUT2D eigenvalue weighted by atomic mass is 10.1. The van der Waals surface area contributed by atoms with E-state index in [0.717, 1.165) is 18.9 Å². The predicted molar refractivity (Wildman–Crippen MR) is 51.4 cm³/mol. The Kier molecular flexibility index (Phi) is 2.02. The maximum absolute atomic E-state index is 5.45. The number of anilines is 2. The Morgan fingerprint density at radius 2 is 2.38 bits per heavy atom.